The monoisotopic (exact) mass is 373 g/mol. The lowest BCUT2D eigenvalue weighted by atomic mass is 9.87. The van der Waals surface area contributed by atoms with Gasteiger partial charge in [-0.05, 0) is 12.8 Å². The summed E-state index contributed by atoms with van der Waals surface area (Å²) in [5, 5.41) is 19.0. The van der Waals surface area contributed by atoms with Crippen molar-refractivity contribution in [1.82, 2.24) is 15.0 Å². The molecule has 0 unspecified atom stereocenters. The Kier molecular flexibility index (Phi) is 5.55. The number of benzene rings is 1. The van der Waals surface area contributed by atoms with Crippen molar-refractivity contribution in [2.75, 3.05) is 13.2 Å². The van der Waals surface area contributed by atoms with Gasteiger partial charge < -0.3 is 14.6 Å². The third kappa shape index (κ3) is 4.51. The number of nitrogens with zero attached hydrogens (tertiary/aromatic N) is 3. The molecule has 1 fully saturated rings. The molecule has 0 bridgehead atoms. The Morgan fingerprint density at radius 1 is 1.15 bits per heavy atom. The number of aromatic nitrogens is 3. The van der Waals surface area contributed by atoms with Crippen molar-refractivity contribution in [3.05, 3.63) is 36.5 Å². The van der Waals surface area contributed by atoms with Crippen molar-refractivity contribution >= 4 is 11.9 Å². The maximum Gasteiger partial charge on any atom is 0.302 e. The highest BCUT2D eigenvalue weighted by Gasteiger charge is 2.48. The van der Waals surface area contributed by atoms with E-state index >= 15 is 0 Å². The van der Waals surface area contributed by atoms with Crippen LogP contribution in [0.3, 0.4) is 0 Å². The molecule has 1 heterocycles. The van der Waals surface area contributed by atoms with Crippen LogP contribution < -0.4 is 0 Å². The highest BCUT2D eigenvalue weighted by Crippen LogP contribution is 2.45. The fourth-order valence-corrected chi connectivity index (χ4v) is 3.48. The Bertz CT molecular complexity index is 787. The minimum Gasteiger partial charge on any atom is -0.465 e. The minimum atomic E-state index is -0.721. The van der Waals surface area contributed by atoms with Gasteiger partial charge in [0.2, 0.25) is 0 Å². The molecule has 3 rings (SSSR count). The van der Waals surface area contributed by atoms with Crippen LogP contribution in [0, 0.1) is 5.41 Å². The lowest BCUT2D eigenvalue weighted by Crippen LogP contribution is -2.32. The lowest BCUT2D eigenvalue weighted by molar-refractivity contribution is -0.151. The van der Waals surface area contributed by atoms with E-state index in [2.05, 4.69) is 10.3 Å². The maximum atomic E-state index is 11.3. The summed E-state index contributed by atoms with van der Waals surface area (Å²) in [5.41, 5.74) is 0.989. The quantitative estimate of drug-likeness (QED) is 0.769. The van der Waals surface area contributed by atoms with Crippen LogP contribution in [0.1, 0.15) is 32.7 Å². The van der Waals surface area contributed by atoms with E-state index in [1.54, 1.807) is 10.9 Å². The van der Waals surface area contributed by atoms with Crippen molar-refractivity contribution in [3.63, 3.8) is 0 Å². The average molecular weight is 373 g/mol. The molecule has 144 valence electrons. The van der Waals surface area contributed by atoms with Gasteiger partial charge in [-0.1, -0.05) is 35.5 Å². The molecule has 1 N–H and O–H groups in total. The van der Waals surface area contributed by atoms with E-state index < -0.39 is 23.5 Å². The van der Waals surface area contributed by atoms with Crippen LogP contribution in [-0.4, -0.2) is 51.4 Å². The van der Waals surface area contributed by atoms with Crippen molar-refractivity contribution < 1.29 is 24.2 Å². The van der Waals surface area contributed by atoms with Crippen molar-refractivity contribution in [2.45, 2.75) is 38.8 Å². The standard InChI is InChI=1S/C19H23N3O5/c1-13(23)26-11-19(12-27-14(2)24)8-17(18(25)9-19)22-10-16(20-21-22)15-6-4-3-5-7-15/h3-7,10,17-18,25H,8-9,11-12H2,1-2H3/t17-,18-/m1/s1. The SMILES string of the molecule is CC(=O)OCC1(COC(C)=O)C[C@@H](O)[C@H](n2cc(-c3ccccc3)nn2)C1. The summed E-state index contributed by atoms with van der Waals surface area (Å²) < 4.78 is 12.0. The highest BCUT2D eigenvalue weighted by atomic mass is 16.5. The highest BCUT2D eigenvalue weighted by molar-refractivity contribution is 5.66. The fourth-order valence-electron chi connectivity index (χ4n) is 3.48. The van der Waals surface area contributed by atoms with Gasteiger partial charge in [-0.15, -0.1) is 5.10 Å². The van der Waals surface area contributed by atoms with Crippen LogP contribution in [0.5, 0.6) is 0 Å². The second kappa shape index (κ2) is 7.87. The molecule has 8 nitrogen and oxygen atoms in total. The number of hydrogen-bond donors (Lipinski definition) is 1. The lowest BCUT2D eigenvalue weighted by Gasteiger charge is -2.27. The number of aliphatic hydroxyl groups excluding tert-OH is 1. The zero-order valence-electron chi connectivity index (χ0n) is 15.4. The van der Waals surface area contributed by atoms with Crippen molar-refractivity contribution in [2.24, 2.45) is 5.41 Å². The Morgan fingerprint density at radius 2 is 1.78 bits per heavy atom. The van der Waals surface area contributed by atoms with Gasteiger partial charge in [-0.2, -0.15) is 0 Å². The smallest absolute Gasteiger partial charge is 0.302 e. The van der Waals surface area contributed by atoms with E-state index in [0.29, 0.717) is 18.5 Å². The molecule has 0 radical (unpaired) electrons. The number of carbonyl (C=O) groups excluding carboxylic acids is 2. The largest absolute Gasteiger partial charge is 0.465 e. The summed E-state index contributed by atoms with van der Waals surface area (Å²) in [6.45, 7) is 2.80. The van der Waals surface area contributed by atoms with E-state index in [-0.39, 0.29) is 19.3 Å². The van der Waals surface area contributed by atoms with Gasteiger partial charge in [0, 0.05) is 24.8 Å². The Hall–Kier alpha value is -2.74. The third-order valence-electron chi connectivity index (χ3n) is 4.81. The molecule has 1 aliphatic rings. The normalized spacial score (nSPS) is 21.0. The summed E-state index contributed by atoms with van der Waals surface area (Å²) in [5.74, 6) is -0.829. The number of rotatable bonds is 6. The molecule has 0 amide bonds. The van der Waals surface area contributed by atoms with E-state index in [1.807, 2.05) is 30.3 Å². The number of aliphatic hydroxyl groups is 1. The first-order chi connectivity index (χ1) is 12.9. The van der Waals surface area contributed by atoms with E-state index in [9.17, 15) is 14.7 Å². The van der Waals surface area contributed by atoms with Crippen LogP contribution in [0.2, 0.25) is 0 Å². The molecule has 2 aromatic rings. The second-order valence-electron chi connectivity index (χ2n) is 7.05. The van der Waals surface area contributed by atoms with E-state index in [1.165, 1.54) is 13.8 Å². The minimum absolute atomic E-state index is 0.0728. The maximum absolute atomic E-state index is 11.3. The van der Waals surface area contributed by atoms with Crippen molar-refractivity contribution in [3.8, 4) is 11.3 Å². The van der Waals surface area contributed by atoms with Gasteiger partial charge in [0.1, 0.15) is 18.9 Å². The van der Waals surface area contributed by atoms with Crippen LogP contribution in [0.25, 0.3) is 11.3 Å². The van der Waals surface area contributed by atoms with Crippen LogP contribution in [0.4, 0.5) is 0 Å². The number of hydrogen-bond acceptors (Lipinski definition) is 7. The first-order valence-corrected chi connectivity index (χ1v) is 8.81. The fraction of sp³-hybridized carbons (Fsp3) is 0.474. The average Bonchev–Trinajstić information content (AvgIpc) is 3.24. The summed E-state index contributed by atoms with van der Waals surface area (Å²) in [6.07, 6.45) is 1.85. The number of carbonyl (C=O) groups is 2. The predicted octanol–water partition coefficient (Wildman–Crippen LogP) is 1.75. The first-order valence-electron chi connectivity index (χ1n) is 8.81. The summed E-state index contributed by atoms with van der Waals surface area (Å²) in [4.78, 5) is 22.5. The molecule has 0 spiro atoms. The van der Waals surface area contributed by atoms with Crippen LogP contribution in [0.15, 0.2) is 36.5 Å². The summed E-state index contributed by atoms with van der Waals surface area (Å²) in [7, 11) is 0. The molecule has 0 saturated heterocycles. The zero-order chi connectivity index (χ0) is 19.4. The first kappa shape index (κ1) is 19.0. The molecule has 1 aromatic carbocycles. The number of esters is 2. The molecule has 8 heteroatoms. The van der Waals surface area contributed by atoms with Gasteiger partial charge in [-0.25, -0.2) is 4.68 Å². The Morgan fingerprint density at radius 3 is 2.37 bits per heavy atom. The molecule has 27 heavy (non-hydrogen) atoms. The third-order valence-corrected chi connectivity index (χ3v) is 4.81. The second-order valence-corrected chi connectivity index (χ2v) is 7.05. The predicted molar refractivity (Wildman–Crippen MR) is 95.4 cm³/mol. The molecule has 1 aliphatic carbocycles. The van der Waals surface area contributed by atoms with Gasteiger partial charge in [0.05, 0.1) is 18.3 Å². The molecule has 1 saturated carbocycles. The summed E-state index contributed by atoms with van der Waals surface area (Å²) >= 11 is 0. The van der Waals surface area contributed by atoms with Crippen molar-refractivity contribution in [1.29, 1.82) is 0 Å². The Balaban J connectivity index is 1.79. The van der Waals surface area contributed by atoms with Crippen LogP contribution >= 0.6 is 0 Å². The molecular weight excluding hydrogens is 350 g/mol. The summed E-state index contributed by atoms with van der Waals surface area (Å²) in [6, 6.07) is 9.29. The van der Waals surface area contributed by atoms with Gasteiger partial charge in [0.15, 0.2) is 0 Å². The zero-order valence-corrected chi connectivity index (χ0v) is 15.4. The van der Waals surface area contributed by atoms with Gasteiger partial charge >= 0.3 is 11.9 Å². The van der Waals surface area contributed by atoms with E-state index in [4.69, 9.17) is 9.47 Å². The molecule has 2 atom stereocenters. The topological polar surface area (TPSA) is 104 Å². The molecule has 0 aliphatic heterocycles. The molecular formula is C19H23N3O5. The van der Waals surface area contributed by atoms with E-state index in [0.717, 1.165) is 5.56 Å². The Labute approximate surface area is 157 Å². The van der Waals surface area contributed by atoms with Gasteiger partial charge in [-0.3, -0.25) is 9.59 Å². The number of ether oxygens (including phenoxy) is 2. The van der Waals surface area contributed by atoms with Crippen LogP contribution in [-0.2, 0) is 19.1 Å². The van der Waals surface area contributed by atoms with Gasteiger partial charge in [0.25, 0.3) is 0 Å². The molecule has 1 aromatic heterocycles.